The number of hydrogen-bond donors (Lipinski definition) is 2. The van der Waals surface area contributed by atoms with Crippen molar-refractivity contribution in [1.82, 2.24) is 5.43 Å². The number of aryl methyl sites for hydroxylation is 1. The molecule has 0 unspecified atom stereocenters. The van der Waals surface area contributed by atoms with E-state index < -0.39 is 0 Å². The van der Waals surface area contributed by atoms with E-state index in [0.29, 0.717) is 6.67 Å². The Morgan fingerprint density at radius 3 is 3.00 bits per heavy atom. The maximum atomic E-state index is 5.29. The Morgan fingerprint density at radius 1 is 1.64 bits per heavy atom. The van der Waals surface area contributed by atoms with Crippen molar-refractivity contribution in [2.45, 2.75) is 6.92 Å². The van der Waals surface area contributed by atoms with Crippen LogP contribution in [0.15, 0.2) is 42.0 Å². The summed E-state index contributed by atoms with van der Waals surface area (Å²) in [5.74, 6) is 0. The summed E-state index contributed by atoms with van der Waals surface area (Å²) in [6, 6.07) is 8.08. The fourth-order valence-corrected chi connectivity index (χ4v) is 1.16. The first-order valence-corrected chi connectivity index (χ1v) is 4.48. The molecule has 0 bridgehead atoms. The third-order valence-electron chi connectivity index (χ3n) is 1.80. The predicted octanol–water partition coefficient (Wildman–Crippen LogP) is 1.39. The molecule has 1 aromatic carbocycles. The molecule has 0 spiro atoms. The topological polar surface area (TPSA) is 50.4 Å². The Morgan fingerprint density at radius 2 is 2.43 bits per heavy atom. The summed E-state index contributed by atoms with van der Waals surface area (Å²) in [6.07, 6.45) is 1.71. The zero-order chi connectivity index (χ0) is 10.4. The largest absolute Gasteiger partial charge is 0.313 e. The summed E-state index contributed by atoms with van der Waals surface area (Å²) < 4.78 is 0. The normalized spacial score (nSPS) is 11.1. The molecule has 0 heterocycles. The minimum absolute atomic E-state index is 0.323. The van der Waals surface area contributed by atoms with Gasteiger partial charge in [0.05, 0.1) is 12.4 Å². The quantitative estimate of drug-likeness (QED) is 0.427. The van der Waals surface area contributed by atoms with Crippen LogP contribution in [0.5, 0.6) is 0 Å². The zero-order valence-corrected chi connectivity index (χ0v) is 8.33. The highest BCUT2D eigenvalue weighted by Gasteiger charge is 1.98. The van der Waals surface area contributed by atoms with E-state index in [2.05, 4.69) is 23.2 Å². The summed E-state index contributed by atoms with van der Waals surface area (Å²) in [6.45, 7) is 6.07. The predicted molar refractivity (Wildman–Crippen MR) is 60.1 cm³/mol. The van der Waals surface area contributed by atoms with E-state index in [1.54, 1.807) is 6.08 Å². The third kappa shape index (κ3) is 2.71. The van der Waals surface area contributed by atoms with Crippen molar-refractivity contribution in [3.8, 4) is 0 Å². The molecule has 0 aromatic heterocycles. The van der Waals surface area contributed by atoms with Crippen LogP contribution in [0.2, 0.25) is 0 Å². The van der Waals surface area contributed by atoms with Gasteiger partial charge in [0.25, 0.3) is 0 Å². The van der Waals surface area contributed by atoms with Crippen LogP contribution in [0.4, 0.5) is 0 Å². The van der Waals surface area contributed by atoms with Gasteiger partial charge in [-0.15, -0.1) is 0 Å². The molecular weight excluding hydrogens is 174 g/mol. The van der Waals surface area contributed by atoms with Crippen LogP contribution < -0.4 is 11.2 Å². The smallest absolute Gasteiger partial charge is 0.0896 e. The molecule has 0 radical (unpaired) electrons. The first-order valence-electron chi connectivity index (χ1n) is 4.48. The second kappa shape index (κ2) is 5.19. The molecular formula is C11H15N3. The number of nitrogens with one attached hydrogen (secondary N) is 1. The van der Waals surface area contributed by atoms with Crippen molar-refractivity contribution in [2.75, 3.05) is 6.67 Å². The van der Waals surface area contributed by atoms with Gasteiger partial charge in [-0.25, -0.2) is 0 Å². The minimum Gasteiger partial charge on any atom is -0.313 e. The minimum atomic E-state index is 0.323. The van der Waals surface area contributed by atoms with Crippen molar-refractivity contribution in [2.24, 2.45) is 10.8 Å². The molecule has 0 aliphatic carbocycles. The molecule has 0 aliphatic heterocycles. The van der Waals surface area contributed by atoms with Gasteiger partial charge in [-0.05, 0) is 19.1 Å². The lowest BCUT2D eigenvalue weighted by Gasteiger charge is -2.03. The first kappa shape index (κ1) is 10.5. The zero-order valence-electron chi connectivity index (χ0n) is 8.33. The van der Waals surface area contributed by atoms with Crippen molar-refractivity contribution in [3.63, 3.8) is 0 Å². The van der Waals surface area contributed by atoms with E-state index in [0.717, 1.165) is 11.3 Å². The molecule has 3 N–H and O–H groups in total. The SMILES string of the molecule is C=C/C(=N\NCN)c1cccc(C)c1. The van der Waals surface area contributed by atoms with E-state index in [4.69, 9.17) is 5.73 Å². The van der Waals surface area contributed by atoms with Gasteiger partial charge in [0, 0.05) is 5.56 Å². The fraction of sp³-hybridized carbons (Fsp3) is 0.182. The van der Waals surface area contributed by atoms with Gasteiger partial charge >= 0.3 is 0 Å². The maximum Gasteiger partial charge on any atom is 0.0896 e. The van der Waals surface area contributed by atoms with Gasteiger partial charge in [0.15, 0.2) is 0 Å². The summed E-state index contributed by atoms with van der Waals surface area (Å²) >= 11 is 0. The van der Waals surface area contributed by atoms with E-state index in [1.165, 1.54) is 5.56 Å². The number of rotatable bonds is 4. The lowest BCUT2D eigenvalue weighted by molar-refractivity contribution is 0.762. The van der Waals surface area contributed by atoms with Crippen LogP contribution in [-0.2, 0) is 0 Å². The average molecular weight is 189 g/mol. The molecule has 74 valence electrons. The molecule has 0 saturated carbocycles. The monoisotopic (exact) mass is 189 g/mol. The van der Waals surface area contributed by atoms with E-state index in [-0.39, 0.29) is 0 Å². The third-order valence-corrected chi connectivity index (χ3v) is 1.80. The highest BCUT2D eigenvalue weighted by Crippen LogP contribution is 2.05. The molecule has 14 heavy (non-hydrogen) atoms. The molecule has 0 atom stereocenters. The van der Waals surface area contributed by atoms with Gasteiger partial charge in [0.2, 0.25) is 0 Å². The Labute approximate surface area is 84.3 Å². The van der Waals surface area contributed by atoms with Crippen LogP contribution in [0.1, 0.15) is 11.1 Å². The number of hydrogen-bond acceptors (Lipinski definition) is 3. The Bertz CT molecular complexity index is 342. The summed E-state index contributed by atoms with van der Waals surface area (Å²) in [4.78, 5) is 0. The molecule has 1 rings (SSSR count). The molecule has 3 heteroatoms. The second-order valence-electron chi connectivity index (χ2n) is 2.93. The number of benzene rings is 1. The van der Waals surface area contributed by atoms with Crippen LogP contribution in [0, 0.1) is 6.92 Å². The molecule has 3 nitrogen and oxygen atoms in total. The van der Waals surface area contributed by atoms with Gasteiger partial charge < -0.3 is 5.73 Å². The van der Waals surface area contributed by atoms with Gasteiger partial charge in [-0.2, -0.15) is 5.10 Å². The Hall–Kier alpha value is -1.61. The van der Waals surface area contributed by atoms with E-state index in [1.807, 2.05) is 25.1 Å². The molecule has 1 aromatic rings. The van der Waals surface area contributed by atoms with Crippen molar-refractivity contribution in [3.05, 3.63) is 48.0 Å². The van der Waals surface area contributed by atoms with Crippen molar-refractivity contribution in [1.29, 1.82) is 0 Å². The fourth-order valence-electron chi connectivity index (χ4n) is 1.16. The molecule has 0 fully saturated rings. The van der Waals surface area contributed by atoms with E-state index >= 15 is 0 Å². The number of nitrogens with two attached hydrogens (primary N) is 1. The van der Waals surface area contributed by atoms with Gasteiger partial charge in [0.1, 0.15) is 0 Å². The average Bonchev–Trinajstić information content (AvgIpc) is 2.19. The lowest BCUT2D eigenvalue weighted by Crippen LogP contribution is -2.18. The summed E-state index contributed by atoms with van der Waals surface area (Å²) in [5, 5.41) is 4.10. The van der Waals surface area contributed by atoms with Crippen LogP contribution >= 0.6 is 0 Å². The van der Waals surface area contributed by atoms with Gasteiger partial charge in [-0.3, -0.25) is 5.43 Å². The van der Waals surface area contributed by atoms with Crippen LogP contribution in [-0.4, -0.2) is 12.4 Å². The van der Waals surface area contributed by atoms with Gasteiger partial charge in [-0.1, -0.05) is 30.3 Å². The van der Waals surface area contributed by atoms with E-state index in [9.17, 15) is 0 Å². The van der Waals surface area contributed by atoms with Crippen molar-refractivity contribution < 1.29 is 0 Å². The standard InChI is InChI=1S/C11H15N3/c1-3-11(14-13-8-12)10-6-4-5-9(2)7-10/h3-7,13H,1,8,12H2,2H3/b14-11+. The summed E-state index contributed by atoms with van der Waals surface area (Å²) in [5.41, 5.74) is 11.0. The van der Waals surface area contributed by atoms with Crippen LogP contribution in [0.3, 0.4) is 0 Å². The molecule has 0 saturated heterocycles. The van der Waals surface area contributed by atoms with Crippen molar-refractivity contribution >= 4 is 5.71 Å². The molecule has 0 aliphatic rings. The Balaban J connectivity index is 2.94. The number of nitrogens with zero attached hydrogens (tertiary/aromatic N) is 1. The summed E-state index contributed by atoms with van der Waals surface area (Å²) in [7, 11) is 0. The first-order chi connectivity index (χ1) is 6.77. The second-order valence-corrected chi connectivity index (χ2v) is 2.93. The highest BCUT2D eigenvalue weighted by atomic mass is 15.3. The number of hydrazone groups is 1. The lowest BCUT2D eigenvalue weighted by atomic mass is 10.1. The molecule has 0 amide bonds. The maximum absolute atomic E-state index is 5.29. The number of allylic oxidation sites excluding steroid dienone is 1. The van der Waals surface area contributed by atoms with Crippen LogP contribution in [0.25, 0.3) is 0 Å². The highest BCUT2D eigenvalue weighted by molar-refractivity contribution is 6.08. The Kier molecular flexibility index (Phi) is 3.88.